The van der Waals surface area contributed by atoms with Crippen molar-refractivity contribution in [2.75, 3.05) is 26.2 Å². The second-order valence-corrected chi connectivity index (χ2v) is 6.47. The Kier molecular flexibility index (Phi) is 8.54. The summed E-state index contributed by atoms with van der Waals surface area (Å²) >= 11 is 6.47. The van der Waals surface area contributed by atoms with E-state index in [-0.39, 0.29) is 6.04 Å². The zero-order chi connectivity index (χ0) is 19.6. The van der Waals surface area contributed by atoms with Crippen molar-refractivity contribution >= 4 is 17.6 Å². The van der Waals surface area contributed by atoms with Crippen molar-refractivity contribution in [3.8, 4) is 0 Å². The minimum Gasteiger partial charge on any atom is -0.357 e. The first-order valence-electron chi connectivity index (χ1n) is 9.38. The molecule has 1 aromatic heterocycles. The van der Waals surface area contributed by atoms with Gasteiger partial charge in [0.25, 0.3) is 0 Å². The summed E-state index contributed by atoms with van der Waals surface area (Å²) < 4.78 is 4.99. The van der Waals surface area contributed by atoms with Gasteiger partial charge in [0.05, 0.1) is 6.04 Å². The van der Waals surface area contributed by atoms with E-state index in [4.69, 9.17) is 16.1 Å². The summed E-state index contributed by atoms with van der Waals surface area (Å²) in [5.74, 6) is 1.82. The number of likely N-dealkylation sites (N-methyl/N-ethyl adjacent to an activating group) is 1. The lowest BCUT2D eigenvalue weighted by atomic mass is 10.0. The summed E-state index contributed by atoms with van der Waals surface area (Å²) in [6, 6.07) is 8.14. The van der Waals surface area contributed by atoms with Crippen LogP contribution in [-0.2, 0) is 6.54 Å². The second kappa shape index (κ2) is 10.9. The predicted octanol–water partition coefficient (Wildman–Crippen LogP) is 3.17. The van der Waals surface area contributed by atoms with E-state index in [1.807, 2.05) is 25.1 Å². The lowest BCUT2D eigenvalue weighted by molar-refractivity contribution is 0.219. The van der Waals surface area contributed by atoms with E-state index in [0.29, 0.717) is 30.8 Å². The Balaban J connectivity index is 2.13. The number of benzene rings is 1. The molecule has 0 aliphatic carbocycles. The first-order valence-corrected chi connectivity index (χ1v) is 9.76. The molecule has 8 heteroatoms. The van der Waals surface area contributed by atoms with E-state index in [0.717, 1.165) is 30.2 Å². The maximum atomic E-state index is 6.47. The lowest BCUT2D eigenvalue weighted by Crippen LogP contribution is -2.43. The van der Waals surface area contributed by atoms with Crippen molar-refractivity contribution in [2.45, 2.75) is 40.3 Å². The fourth-order valence-electron chi connectivity index (χ4n) is 2.94. The summed E-state index contributed by atoms with van der Waals surface area (Å²) in [4.78, 5) is 11.1. The van der Waals surface area contributed by atoms with Gasteiger partial charge in [-0.3, -0.25) is 4.90 Å². The van der Waals surface area contributed by atoms with Crippen LogP contribution in [0.15, 0.2) is 33.8 Å². The molecule has 0 spiro atoms. The van der Waals surface area contributed by atoms with E-state index in [1.54, 1.807) is 6.92 Å². The predicted molar refractivity (Wildman–Crippen MR) is 109 cm³/mol. The van der Waals surface area contributed by atoms with Gasteiger partial charge in [-0.15, -0.1) is 0 Å². The average Bonchev–Trinajstić information content (AvgIpc) is 3.09. The lowest BCUT2D eigenvalue weighted by Gasteiger charge is -2.31. The van der Waals surface area contributed by atoms with Gasteiger partial charge in [0.1, 0.15) is 6.54 Å². The molecule has 0 aliphatic rings. The second-order valence-electron chi connectivity index (χ2n) is 6.06. The zero-order valence-corrected chi connectivity index (χ0v) is 17.3. The number of hydrogen-bond donors (Lipinski definition) is 2. The number of aromatic nitrogens is 2. The number of aryl methyl sites for hydroxylation is 1. The Labute approximate surface area is 166 Å². The van der Waals surface area contributed by atoms with E-state index >= 15 is 0 Å². The molecule has 1 aromatic carbocycles. The smallest absolute Gasteiger partial charge is 0.223 e. The zero-order valence-electron chi connectivity index (χ0n) is 16.5. The Morgan fingerprint density at radius 1 is 1.22 bits per heavy atom. The molecule has 1 heterocycles. The van der Waals surface area contributed by atoms with Crippen LogP contribution < -0.4 is 10.6 Å². The molecule has 2 aromatic rings. The monoisotopic (exact) mass is 392 g/mol. The molecule has 0 fully saturated rings. The molecule has 7 nitrogen and oxygen atoms in total. The number of aliphatic imine (C=N–C) groups is 1. The largest absolute Gasteiger partial charge is 0.357 e. The van der Waals surface area contributed by atoms with Gasteiger partial charge in [0.15, 0.2) is 11.8 Å². The normalized spacial score (nSPS) is 13.0. The number of guanidine groups is 1. The van der Waals surface area contributed by atoms with Gasteiger partial charge in [-0.05, 0) is 31.6 Å². The van der Waals surface area contributed by atoms with Crippen LogP contribution in [0.5, 0.6) is 0 Å². The van der Waals surface area contributed by atoms with Gasteiger partial charge < -0.3 is 15.2 Å². The average molecular weight is 393 g/mol. The molecule has 2 rings (SSSR count). The molecule has 0 bridgehead atoms. The van der Waals surface area contributed by atoms with E-state index in [2.05, 4.69) is 50.6 Å². The summed E-state index contributed by atoms with van der Waals surface area (Å²) in [7, 11) is 0. The molecule has 0 radical (unpaired) electrons. The third-order valence-corrected chi connectivity index (χ3v) is 4.62. The Hall–Kier alpha value is -2.12. The van der Waals surface area contributed by atoms with Crippen LogP contribution in [0.4, 0.5) is 0 Å². The van der Waals surface area contributed by atoms with E-state index in [9.17, 15) is 0 Å². The van der Waals surface area contributed by atoms with Gasteiger partial charge in [0.2, 0.25) is 5.89 Å². The molecule has 27 heavy (non-hydrogen) atoms. The van der Waals surface area contributed by atoms with Gasteiger partial charge >= 0.3 is 0 Å². The highest BCUT2D eigenvalue weighted by atomic mass is 35.5. The van der Waals surface area contributed by atoms with Gasteiger partial charge in [-0.1, -0.05) is 48.8 Å². The Bertz CT molecular complexity index is 728. The number of rotatable bonds is 9. The fourth-order valence-corrected chi connectivity index (χ4v) is 3.20. The molecule has 0 saturated heterocycles. The molecule has 148 valence electrons. The van der Waals surface area contributed by atoms with Crippen LogP contribution in [-0.4, -0.2) is 47.2 Å². The SMILES string of the molecule is CCNC(=NCc1noc(C)n1)NCC(c1ccccc1Cl)N(CC)CC. The van der Waals surface area contributed by atoms with Gasteiger partial charge in [-0.2, -0.15) is 4.98 Å². The minimum absolute atomic E-state index is 0.143. The third-order valence-electron chi connectivity index (χ3n) is 4.27. The van der Waals surface area contributed by atoms with Gasteiger partial charge in [0, 0.05) is 25.0 Å². The summed E-state index contributed by atoms with van der Waals surface area (Å²) in [6.45, 7) is 11.8. The number of nitrogens with one attached hydrogen (secondary N) is 2. The first-order chi connectivity index (χ1) is 13.1. The number of halogens is 1. The van der Waals surface area contributed by atoms with Crippen molar-refractivity contribution in [3.63, 3.8) is 0 Å². The van der Waals surface area contributed by atoms with Crippen molar-refractivity contribution in [2.24, 2.45) is 4.99 Å². The molecular formula is C19H29ClN6O. The van der Waals surface area contributed by atoms with Crippen LogP contribution in [0.2, 0.25) is 5.02 Å². The fraction of sp³-hybridized carbons (Fsp3) is 0.526. The first kappa shape index (κ1) is 21.2. The number of nitrogens with zero attached hydrogens (tertiary/aromatic N) is 4. The molecule has 0 aliphatic heterocycles. The maximum Gasteiger partial charge on any atom is 0.223 e. The summed E-state index contributed by atoms with van der Waals surface area (Å²) in [6.07, 6.45) is 0. The maximum absolute atomic E-state index is 6.47. The van der Waals surface area contributed by atoms with Gasteiger partial charge in [-0.25, -0.2) is 4.99 Å². The van der Waals surface area contributed by atoms with Crippen LogP contribution in [0, 0.1) is 6.92 Å². The Morgan fingerprint density at radius 2 is 1.96 bits per heavy atom. The molecule has 0 amide bonds. The molecular weight excluding hydrogens is 364 g/mol. The highest BCUT2D eigenvalue weighted by Crippen LogP contribution is 2.26. The van der Waals surface area contributed by atoms with Crippen LogP contribution in [0.25, 0.3) is 0 Å². The number of hydrogen-bond acceptors (Lipinski definition) is 5. The van der Waals surface area contributed by atoms with E-state index in [1.165, 1.54) is 0 Å². The minimum atomic E-state index is 0.143. The quantitative estimate of drug-likeness (QED) is 0.504. The van der Waals surface area contributed by atoms with Crippen molar-refractivity contribution in [1.29, 1.82) is 0 Å². The van der Waals surface area contributed by atoms with Crippen LogP contribution in [0.1, 0.15) is 44.1 Å². The molecule has 1 atom stereocenters. The Morgan fingerprint density at radius 3 is 2.56 bits per heavy atom. The standard InChI is InChI=1S/C19H29ClN6O/c1-5-21-19(23-13-18-24-14(4)27-25-18)22-12-17(26(6-2)7-3)15-10-8-9-11-16(15)20/h8-11,17H,5-7,12-13H2,1-4H3,(H2,21,22,23). The highest BCUT2D eigenvalue weighted by molar-refractivity contribution is 6.31. The van der Waals surface area contributed by atoms with Crippen LogP contribution in [0.3, 0.4) is 0 Å². The molecule has 0 saturated carbocycles. The van der Waals surface area contributed by atoms with E-state index < -0.39 is 0 Å². The van der Waals surface area contributed by atoms with Crippen molar-refractivity contribution in [3.05, 3.63) is 46.6 Å². The highest BCUT2D eigenvalue weighted by Gasteiger charge is 2.20. The summed E-state index contributed by atoms with van der Waals surface area (Å²) in [5, 5.41) is 11.3. The topological polar surface area (TPSA) is 78.6 Å². The van der Waals surface area contributed by atoms with Crippen LogP contribution >= 0.6 is 11.6 Å². The van der Waals surface area contributed by atoms with Crippen molar-refractivity contribution in [1.82, 2.24) is 25.7 Å². The van der Waals surface area contributed by atoms with Crippen molar-refractivity contribution < 1.29 is 4.52 Å². The summed E-state index contributed by atoms with van der Waals surface area (Å²) in [5.41, 5.74) is 1.11. The molecule has 1 unspecified atom stereocenters. The third kappa shape index (κ3) is 6.22. The molecule has 2 N–H and O–H groups in total.